The van der Waals surface area contributed by atoms with Crippen molar-refractivity contribution in [3.8, 4) is 17.1 Å². The second-order valence-electron chi connectivity index (χ2n) is 6.65. The summed E-state index contributed by atoms with van der Waals surface area (Å²) in [4.78, 5) is 12.7. The van der Waals surface area contributed by atoms with Crippen LogP contribution in [-0.2, 0) is 13.2 Å². The molecule has 0 unspecified atom stereocenters. The van der Waals surface area contributed by atoms with Gasteiger partial charge in [-0.2, -0.15) is 0 Å². The average Bonchev–Trinajstić information content (AvgIpc) is 3.28. The molecule has 0 saturated heterocycles. The number of nitrogens with zero attached hydrogens (tertiary/aromatic N) is 4. The molecule has 0 spiro atoms. The maximum absolute atomic E-state index is 12.7. The third kappa shape index (κ3) is 4.52. The van der Waals surface area contributed by atoms with E-state index in [1.54, 1.807) is 16.8 Å². The Morgan fingerprint density at radius 2 is 1.80 bits per heavy atom. The molecular formula is C23H21N5O2. The van der Waals surface area contributed by atoms with Crippen LogP contribution in [0, 0.1) is 0 Å². The van der Waals surface area contributed by atoms with Crippen LogP contribution in [-0.4, -0.2) is 26.1 Å². The Morgan fingerprint density at radius 1 is 1.00 bits per heavy atom. The van der Waals surface area contributed by atoms with Crippen molar-refractivity contribution in [3.63, 3.8) is 0 Å². The largest absolute Gasteiger partial charge is 0.489 e. The van der Waals surface area contributed by atoms with Crippen LogP contribution in [0.4, 0.5) is 5.69 Å². The van der Waals surface area contributed by atoms with Crippen molar-refractivity contribution < 1.29 is 9.53 Å². The SMILES string of the molecule is CCn1nnnc1-c1cccc(C(=O)Nc2ccc(OCc3ccccc3)cc2)c1. The van der Waals surface area contributed by atoms with Crippen LogP contribution in [0.3, 0.4) is 0 Å². The molecule has 1 heterocycles. The van der Waals surface area contributed by atoms with Gasteiger partial charge in [0.1, 0.15) is 12.4 Å². The first-order chi connectivity index (χ1) is 14.7. The summed E-state index contributed by atoms with van der Waals surface area (Å²) in [7, 11) is 0. The van der Waals surface area contributed by atoms with Gasteiger partial charge in [-0.3, -0.25) is 4.79 Å². The number of carbonyl (C=O) groups excluding carboxylic acids is 1. The van der Waals surface area contributed by atoms with Gasteiger partial charge in [0.05, 0.1) is 0 Å². The summed E-state index contributed by atoms with van der Waals surface area (Å²) in [6.45, 7) is 3.11. The average molecular weight is 399 g/mol. The Labute approximate surface area is 174 Å². The predicted octanol–water partition coefficient (Wildman–Crippen LogP) is 4.19. The molecule has 3 aromatic carbocycles. The first-order valence-electron chi connectivity index (χ1n) is 9.67. The molecule has 30 heavy (non-hydrogen) atoms. The van der Waals surface area contributed by atoms with Crippen molar-refractivity contribution in [1.29, 1.82) is 0 Å². The van der Waals surface area contributed by atoms with Crippen LogP contribution in [0.25, 0.3) is 11.4 Å². The fourth-order valence-corrected chi connectivity index (χ4v) is 3.00. The van der Waals surface area contributed by atoms with E-state index in [-0.39, 0.29) is 5.91 Å². The highest BCUT2D eigenvalue weighted by atomic mass is 16.5. The van der Waals surface area contributed by atoms with E-state index in [0.29, 0.717) is 30.2 Å². The van der Waals surface area contributed by atoms with E-state index < -0.39 is 0 Å². The number of benzene rings is 3. The number of tetrazole rings is 1. The van der Waals surface area contributed by atoms with E-state index in [0.717, 1.165) is 16.9 Å². The topological polar surface area (TPSA) is 81.9 Å². The van der Waals surface area contributed by atoms with E-state index in [1.165, 1.54) is 0 Å². The van der Waals surface area contributed by atoms with Gasteiger partial charge in [0, 0.05) is 23.4 Å². The molecule has 0 atom stereocenters. The van der Waals surface area contributed by atoms with Crippen LogP contribution in [0.15, 0.2) is 78.9 Å². The minimum absolute atomic E-state index is 0.203. The molecule has 1 amide bonds. The van der Waals surface area contributed by atoms with Gasteiger partial charge >= 0.3 is 0 Å². The predicted molar refractivity (Wildman–Crippen MR) is 114 cm³/mol. The van der Waals surface area contributed by atoms with E-state index in [2.05, 4.69) is 20.8 Å². The monoisotopic (exact) mass is 399 g/mol. The molecule has 0 saturated carbocycles. The van der Waals surface area contributed by atoms with Crippen molar-refractivity contribution in [1.82, 2.24) is 20.2 Å². The van der Waals surface area contributed by atoms with Gasteiger partial charge in [-0.05, 0) is 59.3 Å². The molecule has 0 aliphatic rings. The van der Waals surface area contributed by atoms with Crippen LogP contribution >= 0.6 is 0 Å². The summed E-state index contributed by atoms with van der Waals surface area (Å²) in [6, 6.07) is 24.5. The molecule has 7 nitrogen and oxygen atoms in total. The van der Waals surface area contributed by atoms with Gasteiger partial charge in [0.2, 0.25) is 0 Å². The van der Waals surface area contributed by atoms with Crippen LogP contribution in [0.2, 0.25) is 0 Å². The van der Waals surface area contributed by atoms with E-state index >= 15 is 0 Å². The van der Waals surface area contributed by atoms with Crippen molar-refractivity contribution in [2.75, 3.05) is 5.32 Å². The molecule has 4 rings (SSSR count). The van der Waals surface area contributed by atoms with Crippen LogP contribution < -0.4 is 10.1 Å². The quantitative estimate of drug-likeness (QED) is 0.504. The number of aromatic nitrogens is 4. The van der Waals surface area contributed by atoms with E-state index in [1.807, 2.05) is 73.7 Å². The van der Waals surface area contributed by atoms with E-state index in [9.17, 15) is 4.79 Å². The summed E-state index contributed by atoms with van der Waals surface area (Å²) in [5.74, 6) is 1.17. The molecule has 4 aromatic rings. The fraction of sp³-hybridized carbons (Fsp3) is 0.130. The third-order valence-corrected chi connectivity index (χ3v) is 4.57. The maximum Gasteiger partial charge on any atom is 0.255 e. The molecular weight excluding hydrogens is 378 g/mol. The Hall–Kier alpha value is -4.00. The molecule has 1 N–H and O–H groups in total. The molecule has 7 heteroatoms. The summed E-state index contributed by atoms with van der Waals surface area (Å²) in [6.07, 6.45) is 0. The van der Waals surface area contributed by atoms with Crippen molar-refractivity contribution >= 4 is 11.6 Å². The first kappa shape index (κ1) is 19.3. The minimum atomic E-state index is -0.203. The van der Waals surface area contributed by atoms with Gasteiger partial charge < -0.3 is 10.1 Å². The number of carbonyl (C=O) groups is 1. The Bertz CT molecular complexity index is 1120. The number of aryl methyl sites for hydroxylation is 1. The number of rotatable bonds is 7. The third-order valence-electron chi connectivity index (χ3n) is 4.57. The summed E-state index contributed by atoms with van der Waals surface area (Å²) in [5.41, 5.74) is 3.11. The van der Waals surface area contributed by atoms with Crippen molar-refractivity contribution in [2.45, 2.75) is 20.1 Å². The zero-order valence-electron chi connectivity index (χ0n) is 16.5. The number of ether oxygens (including phenoxy) is 1. The second kappa shape index (κ2) is 9.00. The molecule has 0 radical (unpaired) electrons. The number of hydrogen-bond donors (Lipinski definition) is 1. The van der Waals surface area contributed by atoms with Crippen molar-refractivity contribution in [3.05, 3.63) is 90.0 Å². The number of hydrogen-bond acceptors (Lipinski definition) is 5. The molecule has 0 aliphatic carbocycles. The van der Waals surface area contributed by atoms with Gasteiger partial charge in [0.15, 0.2) is 5.82 Å². The summed E-state index contributed by atoms with van der Waals surface area (Å²) in [5, 5.41) is 14.6. The number of amides is 1. The highest BCUT2D eigenvalue weighted by Crippen LogP contribution is 2.20. The zero-order chi connectivity index (χ0) is 20.8. The maximum atomic E-state index is 12.7. The Kier molecular flexibility index (Phi) is 5.80. The van der Waals surface area contributed by atoms with Gasteiger partial charge in [-0.25, -0.2) is 4.68 Å². The zero-order valence-corrected chi connectivity index (χ0v) is 16.5. The Balaban J connectivity index is 1.41. The molecule has 0 fully saturated rings. The first-order valence-corrected chi connectivity index (χ1v) is 9.67. The molecule has 1 aromatic heterocycles. The normalized spacial score (nSPS) is 10.6. The van der Waals surface area contributed by atoms with Gasteiger partial charge in [-0.15, -0.1) is 5.10 Å². The molecule has 0 bridgehead atoms. The number of nitrogens with one attached hydrogen (secondary N) is 1. The van der Waals surface area contributed by atoms with Gasteiger partial charge in [-0.1, -0.05) is 42.5 Å². The highest BCUT2D eigenvalue weighted by Gasteiger charge is 2.12. The lowest BCUT2D eigenvalue weighted by atomic mass is 10.1. The molecule has 150 valence electrons. The van der Waals surface area contributed by atoms with Crippen LogP contribution in [0.5, 0.6) is 5.75 Å². The standard InChI is InChI=1S/C23H21N5O2/c1-2-28-22(25-26-27-28)18-9-6-10-19(15-18)23(29)24-20-11-13-21(14-12-20)30-16-17-7-4-3-5-8-17/h3-15H,2,16H2,1H3,(H,24,29). The molecule has 0 aliphatic heterocycles. The van der Waals surface area contributed by atoms with Crippen LogP contribution in [0.1, 0.15) is 22.8 Å². The fourth-order valence-electron chi connectivity index (χ4n) is 3.00. The highest BCUT2D eigenvalue weighted by molar-refractivity contribution is 6.04. The summed E-state index contributed by atoms with van der Waals surface area (Å²) < 4.78 is 7.47. The summed E-state index contributed by atoms with van der Waals surface area (Å²) >= 11 is 0. The van der Waals surface area contributed by atoms with Gasteiger partial charge in [0.25, 0.3) is 5.91 Å². The lowest BCUT2D eigenvalue weighted by molar-refractivity contribution is 0.102. The lowest BCUT2D eigenvalue weighted by Crippen LogP contribution is -2.12. The number of anilines is 1. The lowest BCUT2D eigenvalue weighted by Gasteiger charge is -2.09. The minimum Gasteiger partial charge on any atom is -0.489 e. The van der Waals surface area contributed by atoms with Crippen molar-refractivity contribution in [2.24, 2.45) is 0 Å². The second-order valence-corrected chi connectivity index (χ2v) is 6.65. The van der Waals surface area contributed by atoms with E-state index in [4.69, 9.17) is 4.74 Å². The Morgan fingerprint density at radius 3 is 2.57 bits per heavy atom. The smallest absolute Gasteiger partial charge is 0.255 e.